The van der Waals surface area contributed by atoms with E-state index in [2.05, 4.69) is 62.8 Å². The lowest BCUT2D eigenvalue weighted by Crippen LogP contribution is -1.75. The summed E-state index contributed by atoms with van der Waals surface area (Å²) >= 11 is 7.71. The molecule has 3 heteroatoms. The zero-order valence-corrected chi connectivity index (χ0v) is 10.7. The molecule has 0 saturated heterocycles. The average Bonchev–Trinajstić information content (AvgIpc) is 2.44. The fourth-order valence-corrected chi connectivity index (χ4v) is 3.55. The minimum absolute atomic E-state index is 0.942. The average molecular weight is 353 g/mol. The van der Waals surface area contributed by atoms with Crippen LogP contribution in [-0.4, -0.2) is 0 Å². The third-order valence-electron chi connectivity index (χ3n) is 1.77. The van der Waals surface area contributed by atoms with E-state index in [0.29, 0.717) is 0 Å². The van der Waals surface area contributed by atoms with Crippen LogP contribution < -0.4 is 0 Å². The molecule has 0 nitrogen and oxygen atoms in total. The molecular weight excluding hydrogens is 347 g/mol. The fourth-order valence-electron chi connectivity index (χ4n) is 1.21. The molecule has 2 rings (SSSR count). The normalized spacial score (nSPS) is 10.8. The molecule has 0 atom stereocenters. The van der Waals surface area contributed by atoms with Crippen LogP contribution in [0.15, 0.2) is 24.3 Å². The van der Waals surface area contributed by atoms with E-state index < -0.39 is 0 Å². The van der Waals surface area contributed by atoms with Gasteiger partial charge in [0, 0.05) is 10.0 Å². The maximum atomic E-state index is 3.49. The molecule has 0 fully saturated rings. The van der Waals surface area contributed by atoms with Crippen LogP contribution in [0.3, 0.4) is 0 Å². The summed E-state index contributed by atoms with van der Waals surface area (Å²) in [5, 5.41) is 2.33. The van der Waals surface area contributed by atoms with E-state index in [-0.39, 0.29) is 0 Å². The zero-order valence-electron chi connectivity index (χ0n) is 6.18. The van der Waals surface area contributed by atoms with Gasteiger partial charge in [0.05, 0.1) is 2.88 Å². The molecular formula is C9H6BrIS. The van der Waals surface area contributed by atoms with Crippen molar-refractivity contribution >= 4 is 59.9 Å². The third kappa shape index (κ3) is 1.54. The van der Waals surface area contributed by atoms with Crippen molar-refractivity contribution in [3.05, 3.63) is 32.7 Å². The number of alkyl halides is 1. The zero-order chi connectivity index (χ0) is 8.55. The lowest BCUT2D eigenvalue weighted by molar-refractivity contribution is 1.50. The second kappa shape index (κ2) is 3.64. The second-order valence-electron chi connectivity index (χ2n) is 2.51. The van der Waals surface area contributed by atoms with Crippen molar-refractivity contribution in [3.63, 3.8) is 0 Å². The van der Waals surface area contributed by atoms with Crippen molar-refractivity contribution < 1.29 is 0 Å². The van der Waals surface area contributed by atoms with Crippen molar-refractivity contribution in [2.45, 2.75) is 5.33 Å². The van der Waals surface area contributed by atoms with Crippen LogP contribution in [0.5, 0.6) is 0 Å². The lowest BCUT2D eigenvalue weighted by Gasteiger charge is -1.95. The van der Waals surface area contributed by atoms with Crippen LogP contribution in [0, 0.1) is 2.88 Å². The van der Waals surface area contributed by atoms with E-state index in [1.54, 1.807) is 0 Å². The molecule has 1 heterocycles. The Hall–Kier alpha value is 0.390. The Kier molecular flexibility index (Phi) is 2.72. The number of hydrogen-bond acceptors (Lipinski definition) is 1. The van der Waals surface area contributed by atoms with Crippen molar-refractivity contribution in [3.8, 4) is 0 Å². The number of halogens is 2. The molecule has 0 aliphatic carbocycles. The van der Waals surface area contributed by atoms with Gasteiger partial charge in [0.15, 0.2) is 0 Å². The van der Waals surface area contributed by atoms with Gasteiger partial charge in [-0.2, -0.15) is 0 Å². The minimum Gasteiger partial charge on any atom is -0.129 e. The Morgan fingerprint density at radius 2 is 2.25 bits per heavy atom. The highest BCUT2D eigenvalue weighted by molar-refractivity contribution is 14.1. The summed E-state index contributed by atoms with van der Waals surface area (Å²) in [6.07, 6.45) is 0. The van der Waals surface area contributed by atoms with Gasteiger partial charge in [-0.3, -0.25) is 0 Å². The third-order valence-corrected chi connectivity index (χ3v) is 4.23. The Labute approximate surface area is 97.2 Å². The van der Waals surface area contributed by atoms with Crippen molar-refractivity contribution in [1.29, 1.82) is 0 Å². The summed E-state index contributed by atoms with van der Waals surface area (Å²) in [5.74, 6) is 0. The standard InChI is InChI=1S/C9H6BrIS/c10-5-6-2-1-3-8-7(6)4-9(11)12-8/h1-4H,5H2. The van der Waals surface area contributed by atoms with Crippen LogP contribution in [-0.2, 0) is 5.33 Å². The van der Waals surface area contributed by atoms with Crippen LogP contribution in [0.4, 0.5) is 0 Å². The first kappa shape index (κ1) is 8.97. The fraction of sp³-hybridized carbons (Fsp3) is 0.111. The van der Waals surface area contributed by atoms with Gasteiger partial charge < -0.3 is 0 Å². The molecule has 1 aromatic carbocycles. The first-order valence-corrected chi connectivity index (χ1v) is 6.56. The summed E-state index contributed by atoms with van der Waals surface area (Å²) in [6, 6.07) is 8.71. The predicted molar refractivity (Wildman–Crippen MR) is 67.2 cm³/mol. The Morgan fingerprint density at radius 1 is 1.42 bits per heavy atom. The highest BCUT2D eigenvalue weighted by atomic mass is 127. The maximum absolute atomic E-state index is 3.49. The molecule has 2 aromatic rings. The van der Waals surface area contributed by atoms with Gasteiger partial charge in [0.2, 0.25) is 0 Å². The maximum Gasteiger partial charge on any atom is 0.0666 e. The quantitative estimate of drug-likeness (QED) is 0.527. The van der Waals surface area contributed by atoms with Gasteiger partial charge in [0.25, 0.3) is 0 Å². The molecule has 62 valence electrons. The molecule has 0 aliphatic heterocycles. The van der Waals surface area contributed by atoms with E-state index in [9.17, 15) is 0 Å². The van der Waals surface area contributed by atoms with Gasteiger partial charge in [-0.15, -0.1) is 11.3 Å². The molecule has 0 saturated carbocycles. The summed E-state index contributed by atoms with van der Waals surface area (Å²) in [7, 11) is 0. The van der Waals surface area contributed by atoms with Crippen molar-refractivity contribution in [2.75, 3.05) is 0 Å². The summed E-state index contributed by atoms with van der Waals surface area (Å²) < 4.78 is 2.74. The van der Waals surface area contributed by atoms with Crippen molar-refractivity contribution in [1.82, 2.24) is 0 Å². The van der Waals surface area contributed by atoms with Gasteiger partial charge in [0.1, 0.15) is 0 Å². The Morgan fingerprint density at radius 3 is 3.00 bits per heavy atom. The van der Waals surface area contributed by atoms with Gasteiger partial charge in [-0.1, -0.05) is 28.1 Å². The van der Waals surface area contributed by atoms with E-state index in [1.807, 2.05) is 11.3 Å². The van der Waals surface area contributed by atoms with Crippen molar-refractivity contribution in [2.24, 2.45) is 0 Å². The molecule has 0 radical (unpaired) electrons. The molecule has 0 amide bonds. The number of rotatable bonds is 1. The Bertz CT molecular complexity index is 408. The largest absolute Gasteiger partial charge is 0.129 e. The first-order chi connectivity index (χ1) is 5.81. The number of thiophene rings is 1. The van der Waals surface area contributed by atoms with E-state index in [4.69, 9.17) is 0 Å². The monoisotopic (exact) mass is 352 g/mol. The summed E-state index contributed by atoms with van der Waals surface area (Å²) in [4.78, 5) is 0. The van der Waals surface area contributed by atoms with Crippen LogP contribution >= 0.6 is 49.9 Å². The number of benzene rings is 1. The summed E-state index contributed by atoms with van der Waals surface area (Å²) in [5.41, 5.74) is 1.38. The number of hydrogen-bond donors (Lipinski definition) is 0. The molecule has 0 unspecified atom stereocenters. The topological polar surface area (TPSA) is 0 Å². The smallest absolute Gasteiger partial charge is 0.0666 e. The second-order valence-corrected chi connectivity index (χ2v) is 6.05. The molecule has 0 N–H and O–H groups in total. The van der Waals surface area contributed by atoms with E-state index in [0.717, 1.165) is 5.33 Å². The predicted octanol–water partition coefficient (Wildman–Crippen LogP) is 4.40. The van der Waals surface area contributed by atoms with E-state index in [1.165, 1.54) is 18.5 Å². The van der Waals surface area contributed by atoms with Crippen LogP contribution in [0.2, 0.25) is 0 Å². The van der Waals surface area contributed by atoms with Gasteiger partial charge in [-0.25, -0.2) is 0 Å². The Balaban J connectivity index is 2.78. The molecule has 0 aliphatic rings. The molecule has 1 aromatic heterocycles. The first-order valence-electron chi connectivity index (χ1n) is 3.54. The molecule has 0 spiro atoms. The number of fused-ring (bicyclic) bond motifs is 1. The molecule has 12 heavy (non-hydrogen) atoms. The molecule has 0 bridgehead atoms. The van der Waals surface area contributed by atoms with Gasteiger partial charge >= 0.3 is 0 Å². The van der Waals surface area contributed by atoms with Crippen LogP contribution in [0.25, 0.3) is 10.1 Å². The minimum atomic E-state index is 0.942. The van der Waals surface area contributed by atoms with Gasteiger partial charge in [-0.05, 0) is 45.7 Å². The lowest BCUT2D eigenvalue weighted by atomic mass is 10.2. The van der Waals surface area contributed by atoms with Crippen LogP contribution in [0.1, 0.15) is 5.56 Å². The highest BCUT2D eigenvalue weighted by Gasteiger charge is 2.02. The highest BCUT2D eigenvalue weighted by Crippen LogP contribution is 2.29. The van der Waals surface area contributed by atoms with E-state index >= 15 is 0 Å². The SMILES string of the molecule is BrCc1cccc2sc(I)cc12. The summed E-state index contributed by atoms with van der Waals surface area (Å²) in [6.45, 7) is 0.